The predicted octanol–water partition coefficient (Wildman–Crippen LogP) is 1.66. The van der Waals surface area contributed by atoms with Crippen LogP contribution in [0.3, 0.4) is 0 Å². The molecule has 0 atom stereocenters. The Kier molecular flexibility index (Phi) is 3.08. The standard InChI is InChI=1S/C9H12O2/c1-3-8-5-10-7-11-6-9(8)4-2/h3-4H,1-2,5-7H2. The molecule has 60 valence electrons. The summed E-state index contributed by atoms with van der Waals surface area (Å²) in [6.07, 6.45) is 3.57. The lowest BCUT2D eigenvalue weighted by molar-refractivity contribution is -0.0284. The minimum atomic E-state index is 0.356. The molecule has 0 unspecified atom stereocenters. The molecule has 1 aliphatic rings. The first-order valence-corrected chi connectivity index (χ1v) is 3.51. The van der Waals surface area contributed by atoms with Crippen LogP contribution in [0.4, 0.5) is 0 Å². The molecule has 0 saturated carbocycles. The second-order valence-electron chi connectivity index (χ2n) is 2.27. The summed E-state index contributed by atoms with van der Waals surface area (Å²) in [4.78, 5) is 0. The van der Waals surface area contributed by atoms with Crippen LogP contribution in [0.1, 0.15) is 0 Å². The van der Waals surface area contributed by atoms with Crippen LogP contribution >= 0.6 is 0 Å². The predicted molar refractivity (Wildman–Crippen MR) is 44.2 cm³/mol. The first kappa shape index (κ1) is 8.24. The van der Waals surface area contributed by atoms with Crippen molar-refractivity contribution in [3.63, 3.8) is 0 Å². The molecule has 0 bridgehead atoms. The molecule has 1 rings (SSSR count). The Morgan fingerprint density at radius 2 is 1.45 bits per heavy atom. The largest absolute Gasteiger partial charge is 0.351 e. The Balaban J connectivity index is 2.79. The highest BCUT2D eigenvalue weighted by Crippen LogP contribution is 2.11. The number of ether oxygens (including phenoxy) is 2. The lowest BCUT2D eigenvalue weighted by Gasteiger charge is -2.00. The molecule has 2 nitrogen and oxygen atoms in total. The maximum atomic E-state index is 5.13. The summed E-state index contributed by atoms with van der Waals surface area (Å²) in [5.41, 5.74) is 2.13. The van der Waals surface area contributed by atoms with Gasteiger partial charge < -0.3 is 9.47 Å². The lowest BCUT2D eigenvalue weighted by Crippen LogP contribution is -1.96. The van der Waals surface area contributed by atoms with Crippen molar-refractivity contribution in [3.05, 3.63) is 36.5 Å². The first-order chi connectivity index (χ1) is 5.38. The minimum Gasteiger partial charge on any atom is -0.351 e. The SMILES string of the molecule is C=CC1=C(C=C)COCOC1. The van der Waals surface area contributed by atoms with Crippen LogP contribution in [0.15, 0.2) is 36.5 Å². The van der Waals surface area contributed by atoms with Crippen LogP contribution in [0.25, 0.3) is 0 Å². The summed E-state index contributed by atoms with van der Waals surface area (Å²) >= 11 is 0. The molecule has 1 aliphatic heterocycles. The maximum Gasteiger partial charge on any atom is 0.147 e. The van der Waals surface area contributed by atoms with E-state index in [-0.39, 0.29) is 0 Å². The van der Waals surface area contributed by atoms with E-state index in [1.54, 1.807) is 12.2 Å². The van der Waals surface area contributed by atoms with Crippen LogP contribution < -0.4 is 0 Å². The van der Waals surface area contributed by atoms with Gasteiger partial charge in [0.2, 0.25) is 0 Å². The first-order valence-electron chi connectivity index (χ1n) is 3.51. The van der Waals surface area contributed by atoms with Gasteiger partial charge in [-0.3, -0.25) is 0 Å². The highest BCUT2D eigenvalue weighted by Gasteiger charge is 2.05. The van der Waals surface area contributed by atoms with Crippen LogP contribution in [0.5, 0.6) is 0 Å². The van der Waals surface area contributed by atoms with E-state index in [4.69, 9.17) is 9.47 Å². The van der Waals surface area contributed by atoms with Crippen LogP contribution in [-0.4, -0.2) is 20.0 Å². The third-order valence-corrected chi connectivity index (χ3v) is 1.59. The fourth-order valence-electron chi connectivity index (χ4n) is 0.928. The number of hydrogen-bond acceptors (Lipinski definition) is 2. The molecule has 0 spiro atoms. The maximum absolute atomic E-state index is 5.13. The van der Waals surface area contributed by atoms with E-state index in [1.807, 2.05) is 0 Å². The highest BCUT2D eigenvalue weighted by molar-refractivity contribution is 5.32. The fraction of sp³-hybridized carbons (Fsp3) is 0.333. The highest BCUT2D eigenvalue weighted by atomic mass is 16.7. The van der Waals surface area contributed by atoms with Gasteiger partial charge in [0.15, 0.2) is 0 Å². The van der Waals surface area contributed by atoms with E-state index >= 15 is 0 Å². The topological polar surface area (TPSA) is 18.5 Å². The summed E-state index contributed by atoms with van der Waals surface area (Å²) in [7, 11) is 0. The van der Waals surface area contributed by atoms with E-state index in [1.165, 1.54) is 0 Å². The van der Waals surface area contributed by atoms with E-state index in [0.717, 1.165) is 11.1 Å². The fourth-order valence-corrected chi connectivity index (χ4v) is 0.928. The normalized spacial score (nSPS) is 19.3. The average molecular weight is 152 g/mol. The van der Waals surface area contributed by atoms with Crippen molar-refractivity contribution < 1.29 is 9.47 Å². The van der Waals surface area contributed by atoms with E-state index in [9.17, 15) is 0 Å². The third-order valence-electron chi connectivity index (χ3n) is 1.59. The number of rotatable bonds is 2. The van der Waals surface area contributed by atoms with E-state index in [0.29, 0.717) is 20.0 Å². The molecule has 11 heavy (non-hydrogen) atoms. The van der Waals surface area contributed by atoms with E-state index < -0.39 is 0 Å². The van der Waals surface area contributed by atoms with Gasteiger partial charge >= 0.3 is 0 Å². The van der Waals surface area contributed by atoms with Gasteiger partial charge in [0, 0.05) is 0 Å². The Labute approximate surface area is 66.8 Å². The van der Waals surface area contributed by atoms with Gasteiger partial charge in [-0.2, -0.15) is 0 Å². The molecule has 2 heteroatoms. The Morgan fingerprint density at radius 1 is 1.00 bits per heavy atom. The third kappa shape index (κ3) is 2.03. The zero-order valence-corrected chi connectivity index (χ0v) is 6.51. The molecular formula is C9H12O2. The van der Waals surface area contributed by atoms with Gasteiger partial charge in [-0.25, -0.2) is 0 Å². The summed E-state index contributed by atoms with van der Waals surface area (Å²) in [5.74, 6) is 0. The Morgan fingerprint density at radius 3 is 1.82 bits per heavy atom. The smallest absolute Gasteiger partial charge is 0.147 e. The van der Waals surface area contributed by atoms with Crippen molar-refractivity contribution in [1.29, 1.82) is 0 Å². The second kappa shape index (κ2) is 4.11. The monoisotopic (exact) mass is 152 g/mol. The van der Waals surface area contributed by atoms with Gasteiger partial charge in [-0.05, 0) is 11.1 Å². The zero-order valence-electron chi connectivity index (χ0n) is 6.51. The molecule has 0 N–H and O–H groups in total. The lowest BCUT2D eigenvalue weighted by atomic mass is 10.1. The zero-order chi connectivity index (χ0) is 8.10. The van der Waals surface area contributed by atoms with Crippen LogP contribution in [0.2, 0.25) is 0 Å². The van der Waals surface area contributed by atoms with E-state index in [2.05, 4.69) is 13.2 Å². The summed E-state index contributed by atoms with van der Waals surface area (Å²) in [6.45, 7) is 8.87. The van der Waals surface area contributed by atoms with Crippen molar-refractivity contribution in [1.82, 2.24) is 0 Å². The molecule has 1 heterocycles. The summed E-state index contributed by atoms with van der Waals surface area (Å²) in [6, 6.07) is 0. The Hall–Kier alpha value is -0.860. The quantitative estimate of drug-likeness (QED) is 0.599. The van der Waals surface area contributed by atoms with Gasteiger partial charge in [-0.15, -0.1) is 0 Å². The van der Waals surface area contributed by atoms with Crippen molar-refractivity contribution in [3.8, 4) is 0 Å². The molecule has 0 aliphatic carbocycles. The molecular weight excluding hydrogens is 140 g/mol. The molecule has 0 aromatic rings. The molecule has 0 amide bonds. The van der Waals surface area contributed by atoms with Crippen molar-refractivity contribution >= 4 is 0 Å². The molecule has 0 radical (unpaired) electrons. The average Bonchev–Trinajstić information content (AvgIpc) is 2.27. The van der Waals surface area contributed by atoms with Crippen molar-refractivity contribution in [2.45, 2.75) is 0 Å². The van der Waals surface area contributed by atoms with Crippen molar-refractivity contribution in [2.75, 3.05) is 20.0 Å². The minimum absolute atomic E-state index is 0.356. The number of hydrogen-bond donors (Lipinski definition) is 0. The van der Waals surface area contributed by atoms with Crippen LogP contribution in [0, 0.1) is 0 Å². The van der Waals surface area contributed by atoms with Crippen molar-refractivity contribution in [2.24, 2.45) is 0 Å². The van der Waals surface area contributed by atoms with Gasteiger partial charge in [0.25, 0.3) is 0 Å². The summed E-state index contributed by atoms with van der Waals surface area (Å²) < 4.78 is 10.3. The Bertz CT molecular complexity index is 172. The molecule has 0 aromatic carbocycles. The van der Waals surface area contributed by atoms with Gasteiger partial charge in [0.1, 0.15) is 6.79 Å². The van der Waals surface area contributed by atoms with Gasteiger partial charge in [0.05, 0.1) is 13.2 Å². The van der Waals surface area contributed by atoms with Crippen LogP contribution in [-0.2, 0) is 9.47 Å². The second-order valence-corrected chi connectivity index (χ2v) is 2.27. The van der Waals surface area contributed by atoms with Gasteiger partial charge in [-0.1, -0.05) is 25.3 Å². The molecule has 0 fully saturated rings. The molecule has 0 aromatic heterocycles. The molecule has 0 saturated heterocycles. The summed E-state index contributed by atoms with van der Waals surface area (Å²) in [5, 5.41) is 0.